The average molecular weight is 447 g/mol. The van der Waals surface area contributed by atoms with Crippen molar-refractivity contribution in [2.45, 2.75) is 18.6 Å². The largest absolute Gasteiger partial charge is 0.497 e. The van der Waals surface area contributed by atoms with Crippen molar-refractivity contribution in [3.8, 4) is 17.1 Å². The maximum absolute atomic E-state index is 12.2. The van der Waals surface area contributed by atoms with E-state index >= 15 is 0 Å². The molecule has 6 nitrogen and oxygen atoms in total. The molecule has 1 aromatic heterocycles. The van der Waals surface area contributed by atoms with Crippen molar-refractivity contribution in [1.82, 2.24) is 14.8 Å². The molecule has 0 aliphatic carbocycles. The van der Waals surface area contributed by atoms with Gasteiger partial charge in [-0.25, -0.2) is 0 Å². The van der Waals surface area contributed by atoms with Crippen LogP contribution in [0.2, 0.25) is 0 Å². The zero-order chi connectivity index (χ0) is 19.2. The van der Waals surface area contributed by atoms with E-state index in [1.165, 1.54) is 11.8 Å². The quantitative estimate of drug-likeness (QED) is 0.542. The van der Waals surface area contributed by atoms with E-state index in [4.69, 9.17) is 4.74 Å². The average Bonchev–Trinajstić information content (AvgIpc) is 3.10. The highest BCUT2D eigenvalue weighted by Gasteiger charge is 2.14. The Balaban J connectivity index is 1.65. The molecule has 0 unspecified atom stereocenters. The first-order chi connectivity index (χ1) is 13.1. The van der Waals surface area contributed by atoms with Crippen molar-refractivity contribution in [2.24, 2.45) is 0 Å². The van der Waals surface area contributed by atoms with E-state index in [0.29, 0.717) is 0 Å². The molecule has 0 saturated heterocycles. The number of nitrogens with zero attached hydrogens (tertiary/aromatic N) is 3. The highest BCUT2D eigenvalue weighted by molar-refractivity contribution is 9.10. The Morgan fingerprint density at radius 2 is 1.85 bits per heavy atom. The maximum Gasteiger partial charge on any atom is 0.234 e. The number of aromatic nitrogens is 3. The summed E-state index contributed by atoms with van der Waals surface area (Å²) < 4.78 is 8.13. The molecule has 27 heavy (non-hydrogen) atoms. The van der Waals surface area contributed by atoms with Crippen LogP contribution in [0.25, 0.3) is 11.4 Å². The number of anilines is 1. The molecule has 2 aromatic carbocycles. The molecule has 3 aromatic rings. The molecule has 1 N–H and O–H groups in total. The molecule has 8 heteroatoms. The van der Waals surface area contributed by atoms with Gasteiger partial charge in [-0.05, 0) is 43.3 Å². The molecule has 0 fully saturated rings. The van der Waals surface area contributed by atoms with E-state index in [1.807, 2.05) is 47.9 Å². The lowest BCUT2D eigenvalue weighted by molar-refractivity contribution is -0.113. The highest BCUT2D eigenvalue weighted by atomic mass is 79.9. The fraction of sp³-hybridized carbons (Fsp3) is 0.211. The zero-order valence-corrected chi connectivity index (χ0v) is 17.4. The van der Waals surface area contributed by atoms with E-state index in [2.05, 4.69) is 31.4 Å². The Bertz CT molecular complexity index is 910. The topological polar surface area (TPSA) is 69.0 Å². The second kappa shape index (κ2) is 9.05. The Hall–Kier alpha value is -2.32. The van der Waals surface area contributed by atoms with Gasteiger partial charge < -0.3 is 14.6 Å². The smallest absolute Gasteiger partial charge is 0.234 e. The molecule has 0 radical (unpaired) electrons. The lowest BCUT2D eigenvalue weighted by Crippen LogP contribution is -2.14. The van der Waals surface area contributed by atoms with Crippen molar-refractivity contribution >= 4 is 39.3 Å². The van der Waals surface area contributed by atoms with E-state index in [0.717, 1.165) is 39.0 Å². The fourth-order valence-corrected chi connectivity index (χ4v) is 3.56. The molecule has 140 valence electrons. The summed E-state index contributed by atoms with van der Waals surface area (Å²) in [7, 11) is 1.61. The molecule has 0 aliphatic rings. The second-order valence-electron chi connectivity index (χ2n) is 5.62. The molecule has 0 saturated carbocycles. The van der Waals surface area contributed by atoms with Crippen LogP contribution in [0, 0.1) is 0 Å². The van der Waals surface area contributed by atoms with E-state index in [1.54, 1.807) is 19.2 Å². The molecular formula is C19H19BrN4O2S. The van der Waals surface area contributed by atoms with Gasteiger partial charge in [-0.3, -0.25) is 4.79 Å². The SMILES string of the molecule is CCn1c(SCC(=O)Nc2ccc(OC)cc2)nnc1-c1ccc(Br)cc1. The van der Waals surface area contributed by atoms with Gasteiger partial charge in [0, 0.05) is 22.3 Å². The molecule has 0 atom stereocenters. The summed E-state index contributed by atoms with van der Waals surface area (Å²) in [6, 6.07) is 15.2. The van der Waals surface area contributed by atoms with Gasteiger partial charge in [0.25, 0.3) is 0 Å². The number of thioether (sulfide) groups is 1. The van der Waals surface area contributed by atoms with E-state index in [9.17, 15) is 4.79 Å². The summed E-state index contributed by atoms with van der Waals surface area (Å²) in [4.78, 5) is 12.2. The number of methoxy groups -OCH3 is 1. The monoisotopic (exact) mass is 446 g/mol. The Labute approximate surface area is 170 Å². The van der Waals surface area contributed by atoms with Gasteiger partial charge in [-0.1, -0.05) is 39.8 Å². The second-order valence-corrected chi connectivity index (χ2v) is 7.48. The van der Waals surface area contributed by atoms with Gasteiger partial charge >= 0.3 is 0 Å². The fourth-order valence-electron chi connectivity index (χ4n) is 2.49. The number of hydrogen-bond donors (Lipinski definition) is 1. The number of rotatable bonds is 7. The van der Waals surface area contributed by atoms with Crippen molar-refractivity contribution in [1.29, 1.82) is 0 Å². The first-order valence-corrected chi connectivity index (χ1v) is 10.1. The van der Waals surface area contributed by atoms with Gasteiger partial charge in [0.15, 0.2) is 11.0 Å². The highest BCUT2D eigenvalue weighted by Crippen LogP contribution is 2.25. The zero-order valence-electron chi connectivity index (χ0n) is 15.0. The lowest BCUT2D eigenvalue weighted by Gasteiger charge is -2.08. The van der Waals surface area contributed by atoms with E-state index < -0.39 is 0 Å². The van der Waals surface area contributed by atoms with Crippen LogP contribution in [0.15, 0.2) is 58.2 Å². The Kier molecular flexibility index (Phi) is 6.52. The van der Waals surface area contributed by atoms with Gasteiger partial charge in [-0.15, -0.1) is 10.2 Å². The minimum absolute atomic E-state index is 0.0963. The van der Waals surface area contributed by atoms with Crippen LogP contribution in [0.4, 0.5) is 5.69 Å². The van der Waals surface area contributed by atoms with Gasteiger partial charge in [0.1, 0.15) is 5.75 Å². The third-order valence-electron chi connectivity index (χ3n) is 3.84. The van der Waals surface area contributed by atoms with Crippen LogP contribution in [0.1, 0.15) is 6.92 Å². The number of amides is 1. The first-order valence-electron chi connectivity index (χ1n) is 8.36. The number of carbonyl (C=O) groups excluding carboxylic acids is 1. The van der Waals surface area contributed by atoms with Gasteiger partial charge in [0.2, 0.25) is 5.91 Å². The summed E-state index contributed by atoms with van der Waals surface area (Å²) in [5.74, 6) is 1.70. The minimum atomic E-state index is -0.0963. The lowest BCUT2D eigenvalue weighted by atomic mass is 10.2. The van der Waals surface area contributed by atoms with Crippen LogP contribution in [-0.4, -0.2) is 33.5 Å². The normalized spacial score (nSPS) is 10.6. The minimum Gasteiger partial charge on any atom is -0.497 e. The molecule has 0 aliphatic heterocycles. The number of carbonyl (C=O) groups is 1. The van der Waals surface area contributed by atoms with Crippen molar-refractivity contribution in [2.75, 3.05) is 18.2 Å². The third-order valence-corrected chi connectivity index (χ3v) is 5.34. The van der Waals surface area contributed by atoms with Crippen LogP contribution in [-0.2, 0) is 11.3 Å². The van der Waals surface area contributed by atoms with Gasteiger partial charge in [-0.2, -0.15) is 0 Å². The summed E-state index contributed by atoms with van der Waals surface area (Å²) in [6.45, 7) is 2.76. The predicted octanol–water partition coefficient (Wildman–Crippen LogP) is 4.47. The van der Waals surface area contributed by atoms with Gasteiger partial charge in [0.05, 0.1) is 12.9 Å². The molecule has 3 rings (SSSR count). The number of hydrogen-bond acceptors (Lipinski definition) is 5. The summed E-state index contributed by atoms with van der Waals surface area (Å²) in [5, 5.41) is 12.1. The summed E-state index contributed by atoms with van der Waals surface area (Å²) in [6.07, 6.45) is 0. The molecule has 0 spiro atoms. The van der Waals surface area contributed by atoms with Crippen LogP contribution in [0.5, 0.6) is 5.75 Å². The number of benzene rings is 2. The van der Waals surface area contributed by atoms with Crippen LogP contribution in [0.3, 0.4) is 0 Å². The summed E-state index contributed by atoms with van der Waals surface area (Å²) in [5.41, 5.74) is 1.72. The Morgan fingerprint density at radius 3 is 2.48 bits per heavy atom. The molecular weight excluding hydrogens is 428 g/mol. The number of halogens is 1. The molecule has 1 heterocycles. The van der Waals surface area contributed by atoms with Crippen LogP contribution < -0.4 is 10.1 Å². The maximum atomic E-state index is 12.2. The van der Waals surface area contributed by atoms with Crippen LogP contribution >= 0.6 is 27.7 Å². The van der Waals surface area contributed by atoms with Crippen molar-refractivity contribution < 1.29 is 9.53 Å². The standard InChI is InChI=1S/C19H19BrN4O2S/c1-3-24-18(13-4-6-14(20)7-5-13)22-23-19(24)27-12-17(25)21-15-8-10-16(26-2)11-9-15/h4-11H,3,12H2,1-2H3,(H,21,25). The molecule has 0 bridgehead atoms. The Morgan fingerprint density at radius 1 is 1.15 bits per heavy atom. The number of ether oxygens (including phenoxy) is 1. The molecule has 1 amide bonds. The third kappa shape index (κ3) is 4.90. The predicted molar refractivity (Wildman–Crippen MR) is 111 cm³/mol. The van der Waals surface area contributed by atoms with Crippen molar-refractivity contribution in [3.63, 3.8) is 0 Å². The first kappa shape index (κ1) is 19.4. The number of nitrogens with one attached hydrogen (secondary N) is 1. The van der Waals surface area contributed by atoms with Crippen molar-refractivity contribution in [3.05, 3.63) is 53.0 Å². The summed E-state index contributed by atoms with van der Waals surface area (Å²) >= 11 is 4.81. The van der Waals surface area contributed by atoms with E-state index in [-0.39, 0.29) is 11.7 Å².